The summed E-state index contributed by atoms with van der Waals surface area (Å²) in [6.07, 6.45) is 0. The van der Waals surface area contributed by atoms with Crippen molar-refractivity contribution in [2.24, 2.45) is 0 Å². The topological polar surface area (TPSA) is 65.2 Å². The SMILES string of the molecule is COC(=O)C(C)Sc1nnc(-c2cccc(Br)c2)o1. The van der Waals surface area contributed by atoms with E-state index in [2.05, 4.69) is 30.9 Å². The van der Waals surface area contributed by atoms with Crippen LogP contribution in [-0.2, 0) is 9.53 Å². The Morgan fingerprint density at radius 1 is 1.47 bits per heavy atom. The number of carbonyl (C=O) groups excluding carboxylic acids is 1. The van der Waals surface area contributed by atoms with Crippen molar-refractivity contribution in [3.63, 3.8) is 0 Å². The highest BCUT2D eigenvalue weighted by molar-refractivity contribution is 9.10. The molecule has 0 saturated carbocycles. The highest BCUT2D eigenvalue weighted by atomic mass is 79.9. The zero-order valence-electron chi connectivity index (χ0n) is 10.3. The van der Waals surface area contributed by atoms with Gasteiger partial charge in [0.25, 0.3) is 5.22 Å². The predicted octanol–water partition coefficient (Wildman–Crippen LogP) is 3.15. The molecule has 0 bridgehead atoms. The van der Waals surface area contributed by atoms with Gasteiger partial charge in [0.15, 0.2) is 0 Å². The Balaban J connectivity index is 2.13. The number of benzene rings is 1. The molecule has 0 radical (unpaired) electrons. The van der Waals surface area contributed by atoms with Crippen LogP contribution in [0.25, 0.3) is 11.5 Å². The lowest BCUT2D eigenvalue weighted by molar-refractivity contribution is -0.139. The Labute approximate surface area is 122 Å². The van der Waals surface area contributed by atoms with Gasteiger partial charge in [0.05, 0.1) is 7.11 Å². The fourth-order valence-electron chi connectivity index (χ4n) is 1.36. The van der Waals surface area contributed by atoms with Crippen LogP contribution in [0.4, 0.5) is 0 Å². The molecule has 2 aromatic rings. The summed E-state index contributed by atoms with van der Waals surface area (Å²) in [6, 6.07) is 7.55. The number of aromatic nitrogens is 2. The van der Waals surface area contributed by atoms with Crippen molar-refractivity contribution in [1.29, 1.82) is 0 Å². The van der Waals surface area contributed by atoms with Crippen LogP contribution < -0.4 is 0 Å². The molecule has 2 rings (SSSR count). The lowest BCUT2D eigenvalue weighted by atomic mass is 10.2. The molecular formula is C12H11BrN2O3S. The van der Waals surface area contributed by atoms with Crippen LogP contribution in [0.1, 0.15) is 6.92 Å². The predicted molar refractivity (Wildman–Crippen MR) is 74.8 cm³/mol. The van der Waals surface area contributed by atoms with Gasteiger partial charge in [-0.2, -0.15) is 0 Å². The quantitative estimate of drug-likeness (QED) is 0.628. The second-order valence-electron chi connectivity index (χ2n) is 3.67. The largest absolute Gasteiger partial charge is 0.468 e. The Morgan fingerprint density at radius 2 is 2.26 bits per heavy atom. The first-order valence-corrected chi connectivity index (χ1v) is 7.11. The summed E-state index contributed by atoms with van der Waals surface area (Å²) < 4.78 is 11.1. The minimum Gasteiger partial charge on any atom is -0.468 e. The van der Waals surface area contributed by atoms with E-state index in [4.69, 9.17) is 4.42 Å². The minimum atomic E-state index is -0.388. The van der Waals surface area contributed by atoms with Gasteiger partial charge in [0.2, 0.25) is 5.89 Å². The number of esters is 1. The van der Waals surface area contributed by atoms with E-state index in [0.717, 1.165) is 10.0 Å². The Kier molecular flexibility index (Phi) is 4.60. The van der Waals surface area contributed by atoms with Crippen LogP contribution in [0.3, 0.4) is 0 Å². The maximum atomic E-state index is 11.3. The van der Waals surface area contributed by atoms with Crippen LogP contribution >= 0.6 is 27.7 Å². The molecule has 0 N–H and O–H groups in total. The summed E-state index contributed by atoms with van der Waals surface area (Å²) in [7, 11) is 1.35. The number of methoxy groups -OCH3 is 1. The summed E-state index contributed by atoms with van der Waals surface area (Å²) in [5.41, 5.74) is 0.819. The number of rotatable bonds is 4. The first-order valence-electron chi connectivity index (χ1n) is 5.44. The Hall–Kier alpha value is -1.34. The molecule has 0 aliphatic rings. The van der Waals surface area contributed by atoms with Crippen molar-refractivity contribution in [2.45, 2.75) is 17.4 Å². The second-order valence-corrected chi connectivity index (χ2v) is 5.87. The van der Waals surface area contributed by atoms with Crippen molar-refractivity contribution in [1.82, 2.24) is 10.2 Å². The molecule has 5 nitrogen and oxygen atoms in total. The molecule has 7 heteroatoms. The highest BCUT2D eigenvalue weighted by Crippen LogP contribution is 2.27. The Morgan fingerprint density at radius 3 is 2.95 bits per heavy atom. The average Bonchev–Trinajstić information content (AvgIpc) is 2.86. The third kappa shape index (κ3) is 3.57. The number of hydrogen-bond donors (Lipinski definition) is 0. The fraction of sp³-hybridized carbons (Fsp3) is 0.250. The molecule has 1 heterocycles. The molecule has 0 aliphatic carbocycles. The van der Waals surface area contributed by atoms with E-state index in [1.165, 1.54) is 18.9 Å². The van der Waals surface area contributed by atoms with Crippen LogP contribution in [0.15, 0.2) is 38.4 Å². The first-order chi connectivity index (χ1) is 9.10. The molecule has 0 aliphatic heterocycles. The number of carbonyl (C=O) groups is 1. The maximum absolute atomic E-state index is 11.3. The molecular weight excluding hydrogens is 332 g/mol. The van der Waals surface area contributed by atoms with Crippen LogP contribution in [-0.4, -0.2) is 28.5 Å². The minimum absolute atomic E-state index is 0.327. The van der Waals surface area contributed by atoms with Crippen LogP contribution in [0.2, 0.25) is 0 Å². The van der Waals surface area contributed by atoms with Gasteiger partial charge in [-0.3, -0.25) is 4.79 Å². The van der Waals surface area contributed by atoms with E-state index in [0.29, 0.717) is 11.1 Å². The van der Waals surface area contributed by atoms with E-state index >= 15 is 0 Å². The van der Waals surface area contributed by atoms with Gasteiger partial charge in [-0.05, 0) is 25.1 Å². The Bertz CT molecular complexity index is 588. The van der Waals surface area contributed by atoms with Crippen LogP contribution in [0.5, 0.6) is 0 Å². The van der Waals surface area contributed by atoms with Gasteiger partial charge < -0.3 is 9.15 Å². The van der Waals surface area contributed by atoms with Crippen LogP contribution in [0, 0.1) is 0 Å². The third-order valence-corrected chi connectivity index (χ3v) is 3.69. The summed E-state index contributed by atoms with van der Waals surface area (Å²) in [4.78, 5) is 11.3. The van der Waals surface area contributed by atoms with E-state index in [1.807, 2.05) is 24.3 Å². The lowest BCUT2D eigenvalue weighted by Gasteiger charge is -2.04. The van der Waals surface area contributed by atoms with Gasteiger partial charge in [0, 0.05) is 10.0 Å². The molecule has 1 unspecified atom stereocenters. The molecule has 0 amide bonds. The van der Waals surface area contributed by atoms with Gasteiger partial charge in [-0.15, -0.1) is 10.2 Å². The molecule has 0 spiro atoms. The van der Waals surface area contributed by atoms with E-state index in [-0.39, 0.29) is 11.2 Å². The zero-order valence-corrected chi connectivity index (χ0v) is 12.7. The van der Waals surface area contributed by atoms with E-state index in [9.17, 15) is 4.79 Å². The standard InChI is InChI=1S/C12H11BrN2O3S/c1-7(11(16)17-2)19-12-15-14-10(18-12)8-4-3-5-9(13)6-8/h3-7H,1-2H3. The summed E-state index contributed by atoms with van der Waals surface area (Å²) in [5.74, 6) is 0.0908. The smallest absolute Gasteiger partial charge is 0.319 e. The van der Waals surface area contributed by atoms with E-state index in [1.54, 1.807) is 6.92 Å². The second kappa shape index (κ2) is 6.21. The number of halogens is 1. The van der Waals surface area contributed by atoms with Gasteiger partial charge in [-0.1, -0.05) is 33.8 Å². The molecule has 1 aromatic carbocycles. The number of hydrogen-bond acceptors (Lipinski definition) is 6. The van der Waals surface area contributed by atoms with Crippen molar-refractivity contribution in [3.05, 3.63) is 28.7 Å². The molecule has 1 atom stereocenters. The van der Waals surface area contributed by atoms with Crippen molar-refractivity contribution < 1.29 is 13.9 Å². The normalized spacial score (nSPS) is 12.2. The molecule has 1 aromatic heterocycles. The van der Waals surface area contributed by atoms with Crippen molar-refractivity contribution in [3.8, 4) is 11.5 Å². The summed E-state index contributed by atoms with van der Waals surface area (Å²) >= 11 is 4.55. The zero-order chi connectivity index (χ0) is 13.8. The summed E-state index contributed by atoms with van der Waals surface area (Å²) in [6.45, 7) is 1.72. The average molecular weight is 343 g/mol. The lowest BCUT2D eigenvalue weighted by Crippen LogP contribution is -2.14. The number of ether oxygens (including phenoxy) is 1. The van der Waals surface area contributed by atoms with Crippen molar-refractivity contribution in [2.75, 3.05) is 7.11 Å². The molecule has 100 valence electrons. The fourth-order valence-corrected chi connectivity index (χ4v) is 2.47. The molecule has 19 heavy (non-hydrogen) atoms. The molecule has 0 fully saturated rings. The van der Waals surface area contributed by atoms with Gasteiger partial charge >= 0.3 is 5.97 Å². The number of thioether (sulfide) groups is 1. The van der Waals surface area contributed by atoms with Gasteiger partial charge in [0.1, 0.15) is 5.25 Å². The maximum Gasteiger partial charge on any atom is 0.319 e. The third-order valence-electron chi connectivity index (χ3n) is 2.29. The van der Waals surface area contributed by atoms with Crippen molar-refractivity contribution >= 4 is 33.7 Å². The number of nitrogens with zero attached hydrogens (tertiary/aromatic N) is 2. The van der Waals surface area contributed by atoms with Gasteiger partial charge in [-0.25, -0.2) is 0 Å². The summed E-state index contributed by atoms with van der Waals surface area (Å²) in [5, 5.41) is 7.81. The monoisotopic (exact) mass is 342 g/mol. The van der Waals surface area contributed by atoms with E-state index < -0.39 is 0 Å². The first kappa shape index (κ1) is 14.1. The highest BCUT2D eigenvalue weighted by Gasteiger charge is 2.19. The molecule has 0 saturated heterocycles.